The summed E-state index contributed by atoms with van der Waals surface area (Å²) in [5.41, 5.74) is 0.485. The monoisotopic (exact) mass is 436 g/mol. The van der Waals surface area contributed by atoms with Crippen LogP contribution in [-0.4, -0.2) is 55.6 Å². The third-order valence-corrected chi connectivity index (χ3v) is 6.64. The summed E-state index contributed by atoms with van der Waals surface area (Å²) in [6, 6.07) is 11.2. The Balaban J connectivity index is 1.70. The van der Waals surface area contributed by atoms with E-state index in [2.05, 4.69) is 5.32 Å². The molecule has 0 bridgehead atoms. The van der Waals surface area contributed by atoms with Crippen LogP contribution in [0.1, 0.15) is 35.9 Å². The van der Waals surface area contributed by atoms with Gasteiger partial charge in [-0.15, -0.1) is 0 Å². The van der Waals surface area contributed by atoms with Crippen molar-refractivity contribution in [3.8, 4) is 0 Å². The molecule has 1 aliphatic heterocycles. The summed E-state index contributed by atoms with van der Waals surface area (Å²) < 4.78 is 46.2. The van der Waals surface area contributed by atoms with Gasteiger partial charge < -0.3 is 15.2 Å². The predicted octanol–water partition coefficient (Wildman–Crippen LogP) is 2.09. The van der Waals surface area contributed by atoms with Gasteiger partial charge in [0.15, 0.2) is 0 Å². The number of aliphatic hydroxyl groups excluding tert-OH is 1. The first-order valence-corrected chi connectivity index (χ1v) is 11.1. The number of morpholine rings is 1. The maximum absolute atomic E-state index is 13.3. The Morgan fingerprint density at radius 2 is 1.87 bits per heavy atom. The second-order valence-corrected chi connectivity index (χ2v) is 9.33. The number of sulfonamides is 1. The molecule has 0 spiro atoms. The number of rotatable bonds is 6. The summed E-state index contributed by atoms with van der Waals surface area (Å²) >= 11 is 0. The molecule has 3 unspecified atom stereocenters. The van der Waals surface area contributed by atoms with Crippen molar-refractivity contribution in [1.82, 2.24) is 9.62 Å². The van der Waals surface area contributed by atoms with E-state index in [1.54, 1.807) is 6.07 Å². The summed E-state index contributed by atoms with van der Waals surface area (Å²) in [6.07, 6.45) is -1.54. The van der Waals surface area contributed by atoms with E-state index in [0.717, 1.165) is 0 Å². The molecule has 7 nitrogen and oxygen atoms in total. The lowest BCUT2D eigenvalue weighted by atomic mass is 10.1. The molecular formula is C21H25FN2O5S. The second kappa shape index (κ2) is 9.22. The third-order valence-electron chi connectivity index (χ3n) is 4.81. The van der Waals surface area contributed by atoms with Crippen LogP contribution in [0.3, 0.4) is 0 Å². The molecule has 2 N–H and O–H groups in total. The number of nitrogens with zero attached hydrogens (tertiary/aromatic N) is 1. The number of ether oxygens (including phenoxy) is 1. The highest BCUT2D eigenvalue weighted by molar-refractivity contribution is 7.89. The SMILES string of the molecule is CC1CN(S(=O)(=O)c2cccc(C(=O)NCC(O)c3cccc(F)c3)c2)CC(C)O1. The van der Waals surface area contributed by atoms with Crippen molar-refractivity contribution in [2.75, 3.05) is 19.6 Å². The second-order valence-electron chi connectivity index (χ2n) is 7.39. The quantitative estimate of drug-likeness (QED) is 0.723. The minimum atomic E-state index is -3.78. The molecule has 2 aromatic rings. The van der Waals surface area contributed by atoms with Crippen molar-refractivity contribution in [2.24, 2.45) is 0 Å². The zero-order valence-corrected chi connectivity index (χ0v) is 17.6. The first-order chi connectivity index (χ1) is 14.2. The van der Waals surface area contributed by atoms with E-state index in [-0.39, 0.29) is 42.3 Å². The highest BCUT2D eigenvalue weighted by atomic mass is 32.2. The summed E-state index contributed by atoms with van der Waals surface area (Å²) in [4.78, 5) is 12.5. The Kier molecular flexibility index (Phi) is 6.87. The number of hydrogen-bond acceptors (Lipinski definition) is 5. The highest BCUT2D eigenvalue weighted by Crippen LogP contribution is 2.22. The zero-order valence-electron chi connectivity index (χ0n) is 16.8. The number of halogens is 1. The normalized spacial score (nSPS) is 21.2. The van der Waals surface area contributed by atoms with Gasteiger partial charge in [-0.1, -0.05) is 18.2 Å². The van der Waals surface area contributed by atoms with E-state index in [1.165, 1.54) is 46.8 Å². The Bertz CT molecular complexity index is 1000. The standard InChI is InChI=1S/C21H25FN2O5S/c1-14-12-24(13-15(2)29-14)30(27,28)19-8-4-6-17(10-19)21(26)23-11-20(25)16-5-3-7-18(22)9-16/h3-10,14-15,20,25H,11-13H2,1-2H3,(H,23,26). The average molecular weight is 437 g/mol. The fourth-order valence-corrected chi connectivity index (χ4v) is 5.03. The average Bonchev–Trinajstić information content (AvgIpc) is 2.71. The molecule has 0 saturated carbocycles. The molecule has 1 fully saturated rings. The molecule has 3 rings (SSSR count). The Hall–Kier alpha value is -2.33. The lowest BCUT2D eigenvalue weighted by molar-refractivity contribution is -0.0440. The van der Waals surface area contributed by atoms with E-state index < -0.39 is 27.9 Å². The zero-order chi connectivity index (χ0) is 21.9. The number of amides is 1. The molecule has 9 heteroatoms. The van der Waals surface area contributed by atoms with Crippen LogP contribution < -0.4 is 5.32 Å². The number of aliphatic hydroxyl groups is 1. The summed E-state index contributed by atoms with van der Waals surface area (Å²) in [5.74, 6) is -1.02. The van der Waals surface area contributed by atoms with Gasteiger partial charge in [0.1, 0.15) is 5.82 Å². The van der Waals surface area contributed by atoms with Gasteiger partial charge >= 0.3 is 0 Å². The molecule has 2 aromatic carbocycles. The van der Waals surface area contributed by atoms with Gasteiger partial charge in [-0.05, 0) is 49.7 Å². The first kappa shape index (κ1) is 22.4. The lowest BCUT2D eigenvalue weighted by Gasteiger charge is -2.34. The van der Waals surface area contributed by atoms with Gasteiger partial charge in [0, 0.05) is 25.2 Å². The first-order valence-electron chi connectivity index (χ1n) is 9.64. The smallest absolute Gasteiger partial charge is 0.251 e. The lowest BCUT2D eigenvalue weighted by Crippen LogP contribution is -2.48. The molecule has 1 aliphatic rings. The third kappa shape index (κ3) is 5.23. The van der Waals surface area contributed by atoms with Crippen LogP contribution in [0.15, 0.2) is 53.4 Å². The molecule has 162 valence electrons. The fourth-order valence-electron chi connectivity index (χ4n) is 3.40. The van der Waals surface area contributed by atoms with Crippen molar-refractivity contribution >= 4 is 15.9 Å². The van der Waals surface area contributed by atoms with Crippen molar-refractivity contribution < 1.29 is 27.4 Å². The van der Waals surface area contributed by atoms with Crippen LogP contribution in [0.2, 0.25) is 0 Å². The number of benzene rings is 2. The molecule has 1 heterocycles. The van der Waals surface area contributed by atoms with E-state index >= 15 is 0 Å². The van der Waals surface area contributed by atoms with Gasteiger partial charge in [0.2, 0.25) is 10.0 Å². The van der Waals surface area contributed by atoms with Crippen molar-refractivity contribution in [2.45, 2.75) is 37.1 Å². The van der Waals surface area contributed by atoms with Crippen LogP contribution in [0.5, 0.6) is 0 Å². The molecule has 1 amide bonds. The van der Waals surface area contributed by atoms with E-state index in [9.17, 15) is 22.7 Å². The number of hydrogen-bond donors (Lipinski definition) is 2. The van der Waals surface area contributed by atoms with Crippen LogP contribution in [0.4, 0.5) is 4.39 Å². The Morgan fingerprint density at radius 1 is 1.20 bits per heavy atom. The van der Waals surface area contributed by atoms with Crippen LogP contribution in [0, 0.1) is 5.82 Å². The van der Waals surface area contributed by atoms with Crippen LogP contribution in [-0.2, 0) is 14.8 Å². The predicted molar refractivity (Wildman–Crippen MR) is 109 cm³/mol. The summed E-state index contributed by atoms with van der Waals surface area (Å²) in [7, 11) is -3.78. The molecular weight excluding hydrogens is 411 g/mol. The molecule has 30 heavy (non-hydrogen) atoms. The molecule has 0 aliphatic carbocycles. The van der Waals surface area contributed by atoms with Crippen LogP contribution >= 0.6 is 0 Å². The number of carbonyl (C=O) groups excluding carboxylic acids is 1. The van der Waals surface area contributed by atoms with E-state index in [1.807, 2.05) is 13.8 Å². The van der Waals surface area contributed by atoms with Gasteiger partial charge in [-0.25, -0.2) is 12.8 Å². The Labute approximate surface area is 175 Å². The number of carbonyl (C=O) groups is 1. The minimum Gasteiger partial charge on any atom is -0.387 e. The number of nitrogens with one attached hydrogen (secondary N) is 1. The van der Waals surface area contributed by atoms with Gasteiger partial charge in [-0.3, -0.25) is 4.79 Å². The van der Waals surface area contributed by atoms with Crippen molar-refractivity contribution in [1.29, 1.82) is 0 Å². The topological polar surface area (TPSA) is 95.9 Å². The summed E-state index contributed by atoms with van der Waals surface area (Å²) in [6.45, 7) is 3.96. The molecule has 0 radical (unpaired) electrons. The van der Waals surface area contributed by atoms with E-state index in [0.29, 0.717) is 5.56 Å². The maximum Gasteiger partial charge on any atom is 0.251 e. The summed E-state index contributed by atoms with van der Waals surface area (Å²) in [5, 5.41) is 12.7. The van der Waals surface area contributed by atoms with Gasteiger partial charge in [0.25, 0.3) is 5.91 Å². The van der Waals surface area contributed by atoms with Gasteiger partial charge in [-0.2, -0.15) is 4.31 Å². The largest absolute Gasteiger partial charge is 0.387 e. The van der Waals surface area contributed by atoms with Crippen molar-refractivity contribution in [3.63, 3.8) is 0 Å². The highest BCUT2D eigenvalue weighted by Gasteiger charge is 2.32. The van der Waals surface area contributed by atoms with E-state index in [4.69, 9.17) is 4.74 Å². The molecule has 3 atom stereocenters. The van der Waals surface area contributed by atoms with Crippen LogP contribution in [0.25, 0.3) is 0 Å². The molecule has 0 aromatic heterocycles. The minimum absolute atomic E-state index is 0.0159. The Morgan fingerprint density at radius 3 is 2.53 bits per heavy atom. The van der Waals surface area contributed by atoms with Crippen molar-refractivity contribution in [3.05, 3.63) is 65.5 Å². The fraction of sp³-hybridized carbons (Fsp3) is 0.381. The molecule has 1 saturated heterocycles. The maximum atomic E-state index is 13.3. The van der Waals surface area contributed by atoms with Gasteiger partial charge in [0.05, 0.1) is 23.2 Å².